The average molecular weight is 1950 g/mol. The normalized spacial score (nSPS) is 23.1. The first-order valence-corrected chi connectivity index (χ1v) is 48.3. The fraction of sp³-hybridized carbons (Fsp3) is 0.537. The first-order valence-electron chi connectivity index (χ1n) is 43.4. The SMILES string of the molecule is CC[C@H](C)[C@@H]1NC(=O)CNC(=O)[C@H](CCCNC(=N)N)NC(=O)[C@H](Cc2ccc(O)cc2)NC(=O)[C@@H]2CSSC[C@H](NC1=O)C(=O)N[C@@H](Cc1ccc(O)cc1)C(=O)N[C@@H](CCCNC(=N)N)C(=O)N[C@@H](CCCNC(=N)N)C(=O)N[C@H](C(=O)N[C@@H](CCCNC(=N)N)C(N)=O)CSSC[C@H](N)C(=O)N[C@@H](Cc1ccccc1)C(=O)N[C@@H](CCCNC(=N)N)C(=O)N[C@@H](C(C)C)C(=O)N2. The molecule has 15 amide bonds. The molecule has 738 valence electrons. The van der Waals surface area contributed by atoms with Gasteiger partial charge in [0.05, 0.1) is 12.6 Å². The van der Waals surface area contributed by atoms with E-state index >= 15 is 47.9 Å². The Hall–Kier alpha value is -13.0. The lowest BCUT2D eigenvalue weighted by molar-refractivity contribution is -0.136. The fourth-order valence-electron chi connectivity index (χ4n) is 13.3. The molecule has 2 aliphatic rings. The minimum Gasteiger partial charge on any atom is -0.508 e. The fourth-order valence-corrected chi connectivity index (χ4v) is 17.9. The second kappa shape index (κ2) is 58.8. The summed E-state index contributed by atoms with van der Waals surface area (Å²) in [6.45, 7) is 5.46. The molecular weight excluding hydrogens is 1820 g/mol. The van der Waals surface area contributed by atoms with E-state index in [2.05, 4.69) is 101 Å². The second-order valence-corrected chi connectivity index (χ2v) is 37.1. The minimum absolute atomic E-state index is 0.00445. The van der Waals surface area contributed by atoms with Gasteiger partial charge in [-0.2, -0.15) is 0 Å². The van der Waals surface area contributed by atoms with Gasteiger partial charge in [0.1, 0.15) is 90.0 Å². The van der Waals surface area contributed by atoms with Crippen molar-refractivity contribution in [3.8, 4) is 11.5 Å². The molecular formula is C82H129N31O17S4. The Labute approximate surface area is 790 Å². The molecule has 0 unspecified atom stereocenters. The Balaban J connectivity index is 1.80. The highest BCUT2D eigenvalue weighted by Crippen LogP contribution is 2.27. The van der Waals surface area contributed by atoms with Crippen LogP contribution in [0.15, 0.2) is 78.9 Å². The van der Waals surface area contributed by atoms with Crippen LogP contribution in [0.1, 0.15) is 115 Å². The van der Waals surface area contributed by atoms with E-state index < -0.39 is 233 Å². The van der Waals surface area contributed by atoms with Crippen molar-refractivity contribution < 1.29 is 82.1 Å². The lowest BCUT2D eigenvalue weighted by Gasteiger charge is -2.30. The molecule has 2 fully saturated rings. The summed E-state index contributed by atoms with van der Waals surface area (Å²) in [6.07, 6.45) is -1.78. The van der Waals surface area contributed by atoms with Gasteiger partial charge in [-0.1, -0.05) is 132 Å². The van der Waals surface area contributed by atoms with Crippen LogP contribution >= 0.6 is 43.2 Å². The third kappa shape index (κ3) is 41.9. The minimum atomic E-state index is -1.77. The number of guanidine groups is 5. The van der Waals surface area contributed by atoms with E-state index in [1.165, 1.54) is 48.5 Å². The van der Waals surface area contributed by atoms with Gasteiger partial charge >= 0.3 is 0 Å². The number of primary amides is 1. The van der Waals surface area contributed by atoms with Gasteiger partial charge in [-0.25, -0.2) is 0 Å². The lowest BCUT2D eigenvalue weighted by Crippen LogP contribution is -2.62. The van der Waals surface area contributed by atoms with Gasteiger partial charge in [0, 0.05) is 75.0 Å². The summed E-state index contributed by atoms with van der Waals surface area (Å²) in [6, 6.07) is -3.21. The number of carbonyl (C=O) groups is 15. The number of carbonyl (C=O) groups excluding carboxylic acids is 15. The molecule has 0 spiro atoms. The number of nitrogens with one attached hydrogen (secondary N) is 24. The van der Waals surface area contributed by atoms with Gasteiger partial charge in [0.2, 0.25) is 88.6 Å². The summed E-state index contributed by atoms with van der Waals surface area (Å²) in [4.78, 5) is 223. The number of rotatable bonds is 32. The molecule has 134 heavy (non-hydrogen) atoms. The average Bonchev–Trinajstić information content (AvgIpc) is 0.844. The van der Waals surface area contributed by atoms with Gasteiger partial charge < -0.3 is 151 Å². The Kier molecular flexibility index (Phi) is 49.0. The van der Waals surface area contributed by atoms with E-state index in [1.807, 2.05) is 0 Å². The third-order valence-corrected chi connectivity index (χ3v) is 25.8. The smallest absolute Gasteiger partial charge is 0.244 e. The highest BCUT2D eigenvalue weighted by Gasteiger charge is 2.40. The number of amides is 15. The second-order valence-electron chi connectivity index (χ2n) is 32.0. The zero-order chi connectivity index (χ0) is 99.1. The largest absolute Gasteiger partial charge is 0.508 e. The summed E-state index contributed by atoms with van der Waals surface area (Å²) in [5.74, 6) is -20.9. The Morgan fingerprint density at radius 2 is 0.739 bits per heavy atom. The van der Waals surface area contributed by atoms with E-state index in [0.29, 0.717) is 11.1 Å². The molecule has 2 aliphatic heterocycles. The number of phenols is 2. The quantitative estimate of drug-likeness (QED) is 0.0120. The van der Waals surface area contributed by atoms with E-state index in [4.69, 9.17) is 67.2 Å². The Bertz CT molecular complexity index is 4520. The number of hydrogen-bond donors (Lipinski definition) is 33. The molecule has 3 aromatic rings. The molecule has 2 saturated heterocycles. The van der Waals surface area contributed by atoms with Crippen LogP contribution in [0.4, 0.5) is 0 Å². The zero-order valence-electron chi connectivity index (χ0n) is 74.9. The van der Waals surface area contributed by atoms with Crippen molar-refractivity contribution in [3.63, 3.8) is 0 Å². The van der Waals surface area contributed by atoms with Crippen LogP contribution in [-0.2, 0) is 91.2 Å². The van der Waals surface area contributed by atoms with Gasteiger partial charge in [-0.05, 0) is 117 Å². The summed E-state index contributed by atoms with van der Waals surface area (Å²) in [5.41, 5.74) is 41.5. The Morgan fingerprint density at radius 1 is 0.396 bits per heavy atom. The first kappa shape index (κ1) is 112. The van der Waals surface area contributed by atoms with Crippen molar-refractivity contribution >= 4 is 162 Å². The van der Waals surface area contributed by atoms with Crippen LogP contribution in [0.5, 0.6) is 11.5 Å². The first-order chi connectivity index (χ1) is 63.6. The summed E-state index contributed by atoms with van der Waals surface area (Å²) in [7, 11) is 3.46. The third-order valence-electron chi connectivity index (χ3n) is 20.9. The molecule has 2 bridgehead atoms. The van der Waals surface area contributed by atoms with Crippen LogP contribution in [0.2, 0.25) is 0 Å². The lowest BCUT2D eigenvalue weighted by atomic mass is 9.98. The van der Waals surface area contributed by atoms with Crippen molar-refractivity contribution in [1.82, 2.24) is 101 Å². The molecule has 52 heteroatoms. The van der Waals surface area contributed by atoms with E-state index in [-0.39, 0.29) is 151 Å². The Morgan fingerprint density at radius 3 is 1.13 bits per heavy atom. The van der Waals surface area contributed by atoms with Gasteiger partial charge in [-0.3, -0.25) is 99.0 Å². The van der Waals surface area contributed by atoms with E-state index in [9.17, 15) is 34.2 Å². The van der Waals surface area contributed by atoms with Gasteiger partial charge in [-0.15, -0.1) is 0 Å². The highest BCUT2D eigenvalue weighted by molar-refractivity contribution is 8.77. The molecule has 5 rings (SSSR count). The van der Waals surface area contributed by atoms with Crippen molar-refractivity contribution in [2.75, 3.05) is 62.3 Å². The molecule has 2 heterocycles. The predicted molar refractivity (Wildman–Crippen MR) is 509 cm³/mol. The summed E-state index contributed by atoms with van der Waals surface area (Å²) in [5, 5.41) is 110. The molecule has 48 nitrogen and oxygen atoms in total. The number of phenolic OH excluding ortho intramolecular Hbond substituents is 2. The van der Waals surface area contributed by atoms with Crippen molar-refractivity contribution in [1.29, 1.82) is 27.0 Å². The molecule has 3 aromatic carbocycles. The zero-order valence-corrected chi connectivity index (χ0v) is 78.2. The van der Waals surface area contributed by atoms with Crippen LogP contribution < -0.4 is 141 Å². The molecule has 0 aromatic heterocycles. The number of aromatic hydroxyl groups is 2. The molecule has 0 radical (unpaired) electrons. The van der Waals surface area contributed by atoms with Crippen LogP contribution in [0, 0.1) is 38.9 Å². The number of fused-ring (bicyclic) bond motifs is 5. The summed E-state index contributed by atoms with van der Waals surface area (Å²) < 4.78 is 0. The number of benzene rings is 3. The number of hydrogen-bond acceptors (Lipinski definition) is 27. The molecule has 40 N–H and O–H groups in total. The maximum atomic E-state index is 15.6. The maximum absolute atomic E-state index is 15.6. The predicted octanol–water partition coefficient (Wildman–Crippen LogP) is -6.83. The standard InChI is InChI=1S/C82H129N31O17S4/c1-5-43(4)63-77(130)111-60-41-134-133-40-59(74(127)107-56(35-45-21-25-47(114)26-22-45)71(124)102-51(17-10-30-96-79(87)88)66(119)100-37-61(116)112-63)110-76(129)62(42(2)3)113-69(122)54(20-13-33-99-82(93)94)105-70(123)55(34-44-14-7-6-8-15-44)106-65(118)49(83)38-131-132-39-58(73(126)101-50(64(84)117)16-9-29-95-78(85)86)109-68(121)53(19-12-32-98-81(91)92)103-67(120)52(18-11-31-97-80(89)90)104-72(125)57(108-75(60)128)36-46-23-27-48(115)28-24-46/h6-8,14-15,21-28,42-43,49-60,62-63,114-115H,5,9-13,16-20,29-41,83H2,1-4H3,(H2,84,117)(H,100,119)(H,101,126)(H,102,124)(H,103,120)(H,104,125)(H,105,123)(H,106,118)(H,107,127)(H,108,128)(H,109,121)(H,110,129)(H,111,130)(H,112,116)(H,113,122)(H4,85,86,95)(H4,87,88,96)(H4,89,90,97)(H4,91,92,98)(H4,93,94,99)/t43-,49-,50-,51-,52-,53-,54-,55-,56-,57-,58-,59-,60-,62-,63-/m0/s1. The van der Waals surface area contributed by atoms with Gasteiger partial charge in [0.15, 0.2) is 29.8 Å². The number of nitrogens with two attached hydrogens (primary N) is 7. The van der Waals surface area contributed by atoms with Crippen LogP contribution in [-0.4, -0.2) is 275 Å². The van der Waals surface area contributed by atoms with Crippen molar-refractivity contribution in [2.24, 2.45) is 52.0 Å². The monoisotopic (exact) mass is 1950 g/mol. The van der Waals surface area contributed by atoms with Crippen molar-refractivity contribution in [3.05, 3.63) is 95.6 Å². The van der Waals surface area contributed by atoms with E-state index in [1.54, 1.807) is 58.0 Å². The molecule has 0 aliphatic carbocycles. The maximum Gasteiger partial charge on any atom is 0.244 e. The van der Waals surface area contributed by atoms with Gasteiger partial charge in [0.25, 0.3) is 0 Å². The van der Waals surface area contributed by atoms with Crippen molar-refractivity contribution in [2.45, 2.75) is 202 Å². The molecule has 0 saturated carbocycles. The van der Waals surface area contributed by atoms with E-state index in [0.717, 1.165) is 43.2 Å². The van der Waals surface area contributed by atoms with Crippen LogP contribution in [0.3, 0.4) is 0 Å². The molecule has 15 atom stereocenters. The summed E-state index contributed by atoms with van der Waals surface area (Å²) >= 11 is 0. The highest BCUT2D eigenvalue weighted by atomic mass is 33.1. The van der Waals surface area contributed by atoms with Crippen LogP contribution in [0.25, 0.3) is 0 Å². The topological polar surface area (TPSA) is 826 Å².